The fourth-order valence-corrected chi connectivity index (χ4v) is 2.89. The van der Waals surface area contributed by atoms with Crippen molar-refractivity contribution in [3.05, 3.63) is 64.5 Å². The number of anilines is 1. The number of benzene rings is 2. The highest BCUT2D eigenvalue weighted by Gasteiger charge is 2.23. The maximum absolute atomic E-state index is 13.1. The molecule has 7 nitrogen and oxygen atoms in total. The number of thioether (sulfide) groups is 1. The highest BCUT2D eigenvalue weighted by molar-refractivity contribution is 8.00. The fraction of sp³-hybridized carbons (Fsp3) is 0.222. The number of carbonyl (C=O) groups excluding carboxylic acids is 2. The van der Waals surface area contributed by atoms with E-state index in [-0.39, 0.29) is 11.4 Å². The van der Waals surface area contributed by atoms with Crippen LogP contribution >= 0.6 is 11.8 Å². The van der Waals surface area contributed by atoms with Crippen molar-refractivity contribution >= 4 is 35.0 Å². The number of nitrogens with one attached hydrogen (secondary N) is 1. The van der Waals surface area contributed by atoms with Gasteiger partial charge in [-0.05, 0) is 44.2 Å². The fourth-order valence-electron chi connectivity index (χ4n) is 2.03. The molecule has 2 aromatic rings. The van der Waals surface area contributed by atoms with Gasteiger partial charge in [-0.25, -0.2) is 4.39 Å². The van der Waals surface area contributed by atoms with E-state index in [4.69, 9.17) is 4.74 Å². The maximum atomic E-state index is 13.1. The Morgan fingerprint density at radius 1 is 1.19 bits per heavy atom. The minimum Gasteiger partial charge on any atom is -0.452 e. The summed E-state index contributed by atoms with van der Waals surface area (Å²) in [5.74, 6) is -1.69. The molecule has 0 saturated carbocycles. The molecule has 0 spiro atoms. The second kappa shape index (κ2) is 9.13. The van der Waals surface area contributed by atoms with Crippen LogP contribution in [0.15, 0.2) is 53.4 Å². The highest BCUT2D eigenvalue weighted by atomic mass is 32.2. The molecule has 1 N–H and O–H groups in total. The molecule has 9 heteroatoms. The quantitative estimate of drug-likeness (QED) is 0.333. The third kappa shape index (κ3) is 6.07. The Morgan fingerprint density at radius 2 is 1.85 bits per heavy atom. The number of nitrogens with zero attached hydrogens (tertiary/aromatic N) is 1. The van der Waals surface area contributed by atoms with Crippen LogP contribution in [0.3, 0.4) is 0 Å². The zero-order valence-corrected chi connectivity index (χ0v) is 15.4. The van der Waals surface area contributed by atoms with Gasteiger partial charge < -0.3 is 10.1 Å². The van der Waals surface area contributed by atoms with Gasteiger partial charge in [0, 0.05) is 22.7 Å². The molecule has 0 heterocycles. The predicted molar refractivity (Wildman–Crippen MR) is 99.0 cm³/mol. The monoisotopic (exact) mass is 392 g/mol. The van der Waals surface area contributed by atoms with E-state index in [1.165, 1.54) is 49.4 Å². The molecular weight excluding hydrogens is 375 g/mol. The number of ether oxygens (including phenoxy) is 1. The third-order valence-electron chi connectivity index (χ3n) is 3.45. The van der Waals surface area contributed by atoms with Gasteiger partial charge in [-0.1, -0.05) is 6.07 Å². The number of nitro benzene ring substituents is 1. The van der Waals surface area contributed by atoms with E-state index in [9.17, 15) is 24.1 Å². The lowest BCUT2D eigenvalue weighted by Gasteiger charge is -2.16. The van der Waals surface area contributed by atoms with Gasteiger partial charge in [0.2, 0.25) is 0 Å². The summed E-state index contributed by atoms with van der Waals surface area (Å²) in [5, 5.41) is 12.5. The maximum Gasteiger partial charge on any atom is 0.319 e. The second-order valence-electron chi connectivity index (χ2n) is 5.59. The summed E-state index contributed by atoms with van der Waals surface area (Å²) in [6.07, 6.45) is -1.07. The van der Waals surface area contributed by atoms with Crippen molar-refractivity contribution < 1.29 is 23.6 Å². The van der Waals surface area contributed by atoms with Crippen LogP contribution in [0.2, 0.25) is 0 Å². The summed E-state index contributed by atoms with van der Waals surface area (Å²) in [6, 6.07) is 11.1. The first-order chi connectivity index (χ1) is 12.8. The van der Waals surface area contributed by atoms with Gasteiger partial charge in [0.1, 0.15) is 11.1 Å². The van der Waals surface area contributed by atoms with Crippen LogP contribution in [0.5, 0.6) is 0 Å². The van der Waals surface area contributed by atoms with E-state index < -0.39 is 34.0 Å². The highest BCUT2D eigenvalue weighted by Crippen LogP contribution is 2.26. The Bertz CT molecular complexity index is 844. The summed E-state index contributed by atoms with van der Waals surface area (Å²) in [7, 11) is 0. The van der Waals surface area contributed by atoms with Gasteiger partial charge in [-0.3, -0.25) is 19.7 Å². The van der Waals surface area contributed by atoms with E-state index >= 15 is 0 Å². The number of rotatable bonds is 7. The number of hydrogen-bond donors (Lipinski definition) is 1. The Hall–Kier alpha value is -2.94. The second-order valence-corrected chi connectivity index (χ2v) is 7.00. The molecule has 0 radical (unpaired) electrons. The molecule has 0 aliphatic rings. The minimum absolute atomic E-state index is 0.0442. The number of esters is 1. The molecule has 2 atom stereocenters. The third-order valence-corrected chi connectivity index (χ3v) is 4.54. The smallest absolute Gasteiger partial charge is 0.319 e. The van der Waals surface area contributed by atoms with Crippen LogP contribution in [0.25, 0.3) is 0 Å². The van der Waals surface area contributed by atoms with Crippen LogP contribution in [-0.4, -0.2) is 28.2 Å². The summed E-state index contributed by atoms with van der Waals surface area (Å²) < 4.78 is 18.3. The van der Waals surface area contributed by atoms with Crippen LogP contribution < -0.4 is 5.32 Å². The average molecular weight is 392 g/mol. The molecular formula is C18H17FN2O5S. The molecule has 142 valence electrons. The molecule has 2 rings (SSSR count). The first-order valence-electron chi connectivity index (χ1n) is 7.94. The van der Waals surface area contributed by atoms with E-state index in [1.807, 2.05) is 0 Å². The molecule has 0 aromatic heterocycles. The minimum atomic E-state index is -1.07. The molecule has 2 aromatic carbocycles. The average Bonchev–Trinajstić information content (AvgIpc) is 2.62. The van der Waals surface area contributed by atoms with Gasteiger partial charge in [0.15, 0.2) is 6.10 Å². The van der Waals surface area contributed by atoms with Crippen molar-refractivity contribution in [3.63, 3.8) is 0 Å². The molecule has 27 heavy (non-hydrogen) atoms. The summed E-state index contributed by atoms with van der Waals surface area (Å²) in [5.41, 5.74) is 0.216. The first-order valence-corrected chi connectivity index (χ1v) is 8.82. The predicted octanol–water partition coefficient (Wildman–Crippen LogP) is 3.78. The van der Waals surface area contributed by atoms with Gasteiger partial charge in [0.05, 0.1) is 4.92 Å². The van der Waals surface area contributed by atoms with Gasteiger partial charge in [0.25, 0.3) is 11.6 Å². The van der Waals surface area contributed by atoms with Crippen molar-refractivity contribution in [1.82, 2.24) is 0 Å². The van der Waals surface area contributed by atoms with E-state index in [2.05, 4.69) is 5.32 Å². The number of hydrogen-bond acceptors (Lipinski definition) is 6. The van der Waals surface area contributed by atoms with Crippen LogP contribution in [0, 0.1) is 15.9 Å². The Kier molecular flexibility index (Phi) is 6.89. The molecule has 0 aliphatic heterocycles. The van der Waals surface area contributed by atoms with E-state index in [1.54, 1.807) is 6.92 Å². The van der Waals surface area contributed by atoms with Crippen molar-refractivity contribution in [1.29, 1.82) is 0 Å². The molecule has 0 unspecified atom stereocenters. The van der Waals surface area contributed by atoms with Crippen LogP contribution in [-0.2, 0) is 14.3 Å². The standard InChI is InChI=1S/C18H17FN2O5S/c1-11(17(22)20-14-5-3-4-13(19)10-14)26-18(23)12(2)27-16-8-6-15(7-9-16)21(24)25/h3-12H,1-2H3,(H,20,22)/t11-,12-/m1/s1. The van der Waals surface area contributed by atoms with Crippen LogP contribution in [0.4, 0.5) is 15.8 Å². The molecule has 1 amide bonds. The van der Waals surface area contributed by atoms with Gasteiger partial charge >= 0.3 is 5.97 Å². The van der Waals surface area contributed by atoms with E-state index in [0.29, 0.717) is 4.90 Å². The van der Waals surface area contributed by atoms with E-state index in [0.717, 1.165) is 17.8 Å². The summed E-state index contributed by atoms with van der Waals surface area (Å²) in [6.45, 7) is 3.02. The SMILES string of the molecule is C[C@@H](OC(=O)[C@@H](C)Sc1ccc([N+](=O)[O-])cc1)C(=O)Nc1cccc(F)c1. The largest absolute Gasteiger partial charge is 0.452 e. The molecule has 0 aliphatic carbocycles. The Balaban J connectivity index is 1.88. The van der Waals surface area contributed by atoms with Crippen LogP contribution in [0.1, 0.15) is 13.8 Å². The van der Waals surface area contributed by atoms with Gasteiger partial charge in [-0.2, -0.15) is 0 Å². The Labute approximate surface area is 159 Å². The summed E-state index contributed by atoms with van der Waals surface area (Å²) in [4.78, 5) is 35.0. The normalized spacial score (nSPS) is 12.7. The summed E-state index contributed by atoms with van der Waals surface area (Å²) >= 11 is 1.15. The number of amides is 1. The van der Waals surface area contributed by atoms with Gasteiger partial charge in [-0.15, -0.1) is 11.8 Å². The Morgan fingerprint density at radius 3 is 2.44 bits per heavy atom. The molecule has 0 bridgehead atoms. The zero-order chi connectivity index (χ0) is 20.0. The van der Waals surface area contributed by atoms with Crippen molar-refractivity contribution in [2.45, 2.75) is 30.1 Å². The lowest BCUT2D eigenvalue weighted by atomic mass is 10.3. The zero-order valence-electron chi connectivity index (χ0n) is 14.5. The van der Waals surface area contributed by atoms with Crippen molar-refractivity contribution in [2.75, 3.05) is 5.32 Å². The molecule has 0 fully saturated rings. The van der Waals surface area contributed by atoms with Crippen molar-refractivity contribution in [2.24, 2.45) is 0 Å². The number of halogens is 1. The topological polar surface area (TPSA) is 98.5 Å². The number of non-ortho nitro benzene ring substituents is 1. The lowest BCUT2D eigenvalue weighted by Crippen LogP contribution is -2.32. The number of carbonyl (C=O) groups is 2. The molecule has 0 saturated heterocycles. The first kappa shape index (κ1) is 20.4. The van der Waals surface area contributed by atoms with Crippen molar-refractivity contribution in [3.8, 4) is 0 Å². The number of nitro groups is 1. The lowest BCUT2D eigenvalue weighted by molar-refractivity contribution is -0.384.